The fourth-order valence-electron chi connectivity index (χ4n) is 5.06. The second-order valence-corrected chi connectivity index (χ2v) is 25.6. The van der Waals surface area contributed by atoms with E-state index in [0.717, 1.165) is 22.3 Å². The standard InChI is InChI=1S/C35H58O11Si2/c1-20(15-17-25(36)45-33-29(39)28(38)27(37)24(44-33)19-43-47(10,11)34(3,4)5)14-16-22-30(41-9)21(2)23-18-42-32(40)26(23)31(22)46-48(12,13)35(6,7)8/h14,24,27-29,33,37-39H,15-19H2,1-13H3/b20-14+/t24-,27-,28+,29-,33+/m1/s1. The molecular formula is C35H58O11Si2. The summed E-state index contributed by atoms with van der Waals surface area (Å²) < 4.78 is 35.4. The predicted octanol–water partition coefficient (Wildman–Crippen LogP) is 5.70. The number of allylic oxidation sites excluding steroid dienone is 2. The van der Waals surface area contributed by atoms with E-state index in [4.69, 9.17) is 27.8 Å². The van der Waals surface area contributed by atoms with Gasteiger partial charge in [-0.05, 0) is 68.5 Å². The van der Waals surface area contributed by atoms with Crippen LogP contribution in [-0.4, -0.2) is 88.3 Å². The summed E-state index contributed by atoms with van der Waals surface area (Å²) in [6, 6.07) is 0. The summed E-state index contributed by atoms with van der Waals surface area (Å²) in [7, 11) is -2.97. The normalized spacial score (nSPS) is 23.9. The van der Waals surface area contributed by atoms with Gasteiger partial charge in [-0.1, -0.05) is 53.2 Å². The Balaban J connectivity index is 1.74. The van der Waals surface area contributed by atoms with Crippen molar-refractivity contribution in [3.05, 3.63) is 33.9 Å². The molecule has 1 aromatic carbocycles. The summed E-state index contributed by atoms with van der Waals surface area (Å²) in [5.74, 6) is 0.101. The van der Waals surface area contributed by atoms with Gasteiger partial charge in [0.05, 0.1) is 13.7 Å². The quantitative estimate of drug-likeness (QED) is 0.139. The smallest absolute Gasteiger partial charge is 0.342 e. The first-order valence-corrected chi connectivity index (χ1v) is 22.5. The van der Waals surface area contributed by atoms with Crippen molar-refractivity contribution in [3.8, 4) is 11.5 Å². The Morgan fingerprint density at radius 2 is 1.54 bits per heavy atom. The van der Waals surface area contributed by atoms with Gasteiger partial charge in [0.2, 0.25) is 6.29 Å². The molecule has 3 rings (SSSR count). The molecule has 3 N–H and O–H groups in total. The molecule has 13 heteroatoms. The molecule has 48 heavy (non-hydrogen) atoms. The average molecular weight is 711 g/mol. The zero-order chi connectivity index (χ0) is 36.6. The lowest BCUT2D eigenvalue weighted by atomic mass is 9.94. The van der Waals surface area contributed by atoms with Gasteiger partial charge in [-0.15, -0.1) is 0 Å². The van der Waals surface area contributed by atoms with E-state index in [2.05, 4.69) is 67.7 Å². The van der Waals surface area contributed by atoms with Gasteiger partial charge in [0.15, 0.2) is 8.32 Å². The highest BCUT2D eigenvalue weighted by Crippen LogP contribution is 2.46. The Morgan fingerprint density at radius 3 is 2.10 bits per heavy atom. The molecule has 1 saturated heterocycles. The Bertz CT molecular complexity index is 1370. The van der Waals surface area contributed by atoms with E-state index < -0.39 is 59.3 Å². The number of carbonyl (C=O) groups is 2. The van der Waals surface area contributed by atoms with E-state index in [1.54, 1.807) is 7.11 Å². The third-order valence-corrected chi connectivity index (χ3v) is 19.3. The van der Waals surface area contributed by atoms with Gasteiger partial charge in [-0.2, -0.15) is 0 Å². The molecule has 0 aromatic heterocycles. The van der Waals surface area contributed by atoms with Crippen molar-refractivity contribution in [2.45, 2.75) is 148 Å². The molecule has 2 aliphatic rings. The van der Waals surface area contributed by atoms with Gasteiger partial charge in [0.1, 0.15) is 48.1 Å². The molecule has 0 aliphatic carbocycles. The van der Waals surface area contributed by atoms with Gasteiger partial charge in [0.25, 0.3) is 8.32 Å². The van der Waals surface area contributed by atoms with Crippen LogP contribution in [0, 0.1) is 6.92 Å². The van der Waals surface area contributed by atoms with Crippen molar-refractivity contribution in [2.24, 2.45) is 0 Å². The molecule has 2 aliphatic heterocycles. The number of ether oxygens (including phenoxy) is 4. The van der Waals surface area contributed by atoms with Crippen LogP contribution in [0.15, 0.2) is 11.6 Å². The number of esters is 2. The van der Waals surface area contributed by atoms with Crippen LogP contribution >= 0.6 is 0 Å². The van der Waals surface area contributed by atoms with Crippen LogP contribution in [-0.2, 0) is 36.5 Å². The number of aliphatic hydroxyl groups is 3. The largest absolute Gasteiger partial charge is 0.543 e. The molecule has 0 radical (unpaired) electrons. The monoisotopic (exact) mass is 710 g/mol. The van der Waals surface area contributed by atoms with E-state index in [-0.39, 0.29) is 29.7 Å². The van der Waals surface area contributed by atoms with Crippen molar-refractivity contribution in [3.63, 3.8) is 0 Å². The number of methoxy groups -OCH3 is 1. The predicted molar refractivity (Wildman–Crippen MR) is 187 cm³/mol. The molecule has 2 heterocycles. The number of cyclic esters (lactones) is 1. The number of fused-ring (bicyclic) bond motifs is 1. The van der Waals surface area contributed by atoms with Crippen molar-refractivity contribution in [1.29, 1.82) is 0 Å². The van der Waals surface area contributed by atoms with E-state index >= 15 is 0 Å². The minimum Gasteiger partial charge on any atom is -0.543 e. The van der Waals surface area contributed by atoms with Crippen LogP contribution in [0.3, 0.4) is 0 Å². The summed E-state index contributed by atoms with van der Waals surface area (Å²) in [4.78, 5) is 25.8. The van der Waals surface area contributed by atoms with Crippen LogP contribution in [0.25, 0.3) is 0 Å². The zero-order valence-corrected chi connectivity index (χ0v) is 33.1. The molecule has 0 unspecified atom stereocenters. The van der Waals surface area contributed by atoms with Crippen LogP contribution in [0.5, 0.6) is 11.5 Å². The van der Waals surface area contributed by atoms with Crippen LogP contribution in [0.1, 0.15) is 88.4 Å². The summed E-state index contributed by atoms with van der Waals surface area (Å²) in [6.07, 6.45) is -4.35. The third-order valence-electron chi connectivity index (χ3n) is 10.5. The average Bonchev–Trinajstić information content (AvgIpc) is 3.36. The topological polar surface area (TPSA) is 150 Å². The van der Waals surface area contributed by atoms with Crippen LogP contribution in [0.4, 0.5) is 0 Å². The number of carbonyl (C=O) groups excluding carboxylic acids is 2. The molecule has 1 fully saturated rings. The van der Waals surface area contributed by atoms with Crippen molar-refractivity contribution < 1.29 is 52.7 Å². The summed E-state index contributed by atoms with van der Waals surface area (Å²) in [5, 5.41) is 31.3. The Kier molecular flexibility index (Phi) is 12.5. The first-order chi connectivity index (χ1) is 21.9. The molecule has 0 spiro atoms. The fourth-order valence-corrected chi connectivity index (χ4v) is 7.11. The van der Waals surface area contributed by atoms with Gasteiger partial charge >= 0.3 is 11.9 Å². The minimum atomic E-state index is -2.37. The maximum Gasteiger partial charge on any atom is 0.342 e. The highest BCUT2D eigenvalue weighted by atomic mass is 28.4. The third kappa shape index (κ3) is 8.71. The fraction of sp³-hybridized carbons (Fsp3) is 0.714. The highest BCUT2D eigenvalue weighted by Gasteiger charge is 2.47. The molecule has 1 aromatic rings. The van der Waals surface area contributed by atoms with E-state index in [9.17, 15) is 24.9 Å². The molecular weight excluding hydrogens is 653 g/mol. The number of aliphatic hydroxyl groups excluding tert-OH is 3. The first kappa shape index (κ1) is 40.2. The SMILES string of the molecule is COc1c(C)c2c(c(O[Si](C)(C)C(C)(C)C)c1C/C=C(\C)CCC(=O)O[C@@H]1O[C@H](CO[Si](C)(C)C(C)(C)C)[C@@H](O)[C@H](O)[C@H]1O)C(=O)OC2. The van der Waals surface area contributed by atoms with Gasteiger partial charge in [0, 0.05) is 17.5 Å². The minimum absolute atomic E-state index is 0.0121. The van der Waals surface area contributed by atoms with E-state index in [1.165, 1.54) is 0 Å². The first-order valence-electron chi connectivity index (χ1n) is 16.7. The summed E-state index contributed by atoms with van der Waals surface area (Å²) in [6.45, 7) is 25.0. The highest BCUT2D eigenvalue weighted by molar-refractivity contribution is 6.75. The molecule has 11 nitrogen and oxygen atoms in total. The Hall–Kier alpha value is -2.27. The molecule has 0 amide bonds. The van der Waals surface area contributed by atoms with Crippen LogP contribution < -0.4 is 9.16 Å². The Labute approximate surface area is 288 Å². The van der Waals surface area contributed by atoms with E-state index in [0.29, 0.717) is 29.9 Å². The molecule has 0 bridgehead atoms. The summed E-state index contributed by atoms with van der Waals surface area (Å²) >= 11 is 0. The second-order valence-electron chi connectivity index (χ2n) is 16.1. The summed E-state index contributed by atoms with van der Waals surface area (Å²) in [5.41, 5.74) is 3.69. The number of hydrogen-bond acceptors (Lipinski definition) is 11. The molecule has 272 valence electrons. The van der Waals surface area contributed by atoms with Gasteiger partial charge in [-0.25, -0.2) is 4.79 Å². The van der Waals surface area contributed by atoms with Crippen molar-refractivity contribution in [1.82, 2.24) is 0 Å². The lowest BCUT2D eigenvalue weighted by molar-refractivity contribution is -0.291. The zero-order valence-electron chi connectivity index (χ0n) is 31.1. The van der Waals surface area contributed by atoms with Crippen LogP contribution in [0.2, 0.25) is 36.3 Å². The van der Waals surface area contributed by atoms with Gasteiger partial charge < -0.3 is 43.1 Å². The number of benzene rings is 1. The molecule has 5 atom stereocenters. The second kappa shape index (κ2) is 14.9. The maximum atomic E-state index is 12.9. The van der Waals surface area contributed by atoms with Crippen molar-refractivity contribution in [2.75, 3.05) is 13.7 Å². The Morgan fingerprint density at radius 1 is 0.938 bits per heavy atom. The lowest BCUT2D eigenvalue weighted by Crippen LogP contribution is -2.60. The van der Waals surface area contributed by atoms with E-state index in [1.807, 2.05) is 19.9 Å². The molecule has 0 saturated carbocycles. The number of hydrogen-bond donors (Lipinski definition) is 3. The van der Waals surface area contributed by atoms with Crippen molar-refractivity contribution >= 4 is 28.6 Å². The lowest BCUT2D eigenvalue weighted by Gasteiger charge is -2.42. The maximum absolute atomic E-state index is 12.9. The van der Waals surface area contributed by atoms with Gasteiger partial charge in [-0.3, -0.25) is 4.79 Å². The number of rotatable bonds is 12.